The highest BCUT2D eigenvalue weighted by Crippen LogP contribution is 2.19. The number of hydrogen-bond donors (Lipinski definition) is 2. The Balaban J connectivity index is 2.25. The molecule has 0 aliphatic rings. The number of carboxylic acid groups (broad SMARTS) is 1. The average Bonchev–Trinajstić information content (AvgIpc) is 2.36. The minimum atomic E-state index is -0.920. The third kappa shape index (κ3) is 2.51. The molecule has 3 heteroatoms. The van der Waals surface area contributed by atoms with E-state index in [1.54, 1.807) is 13.8 Å². The Hall–Kier alpha value is -1.87. The molecule has 0 amide bonds. The van der Waals surface area contributed by atoms with Crippen LogP contribution in [0.3, 0.4) is 0 Å². The molecule has 0 fully saturated rings. The van der Waals surface area contributed by atoms with Crippen LogP contribution in [-0.2, 0) is 11.3 Å². The second-order valence-corrected chi connectivity index (χ2v) is 4.92. The fourth-order valence-corrected chi connectivity index (χ4v) is 1.84. The molecule has 0 bridgehead atoms. The molecule has 0 heterocycles. The Morgan fingerprint density at radius 1 is 1.17 bits per heavy atom. The van der Waals surface area contributed by atoms with E-state index in [0.29, 0.717) is 6.54 Å². The van der Waals surface area contributed by atoms with Crippen molar-refractivity contribution in [1.82, 2.24) is 5.32 Å². The van der Waals surface area contributed by atoms with Crippen molar-refractivity contribution in [2.75, 3.05) is 0 Å². The van der Waals surface area contributed by atoms with Crippen LogP contribution in [0.1, 0.15) is 19.4 Å². The number of nitrogens with one attached hydrogen (secondary N) is 1. The molecule has 0 aliphatic heterocycles. The van der Waals surface area contributed by atoms with Crippen molar-refractivity contribution in [3.8, 4) is 0 Å². The summed E-state index contributed by atoms with van der Waals surface area (Å²) in [5.74, 6) is -0.845. The van der Waals surface area contributed by atoms with Crippen LogP contribution in [-0.4, -0.2) is 16.6 Å². The van der Waals surface area contributed by atoms with Crippen LogP contribution in [0, 0.1) is 0 Å². The van der Waals surface area contributed by atoms with Gasteiger partial charge >= 0.3 is 5.97 Å². The summed E-state index contributed by atoms with van der Waals surface area (Å²) in [6.45, 7) is 3.88. The van der Waals surface area contributed by atoms with Crippen molar-refractivity contribution in [1.29, 1.82) is 0 Å². The first-order chi connectivity index (χ1) is 8.50. The monoisotopic (exact) mass is 243 g/mol. The summed E-state index contributed by atoms with van der Waals surface area (Å²) in [6, 6.07) is 14.2. The summed E-state index contributed by atoms with van der Waals surface area (Å²) >= 11 is 0. The molecule has 3 nitrogen and oxygen atoms in total. The zero-order valence-corrected chi connectivity index (χ0v) is 10.6. The van der Waals surface area contributed by atoms with Crippen molar-refractivity contribution in [3.63, 3.8) is 0 Å². The first-order valence-electron chi connectivity index (χ1n) is 5.96. The van der Waals surface area contributed by atoms with Gasteiger partial charge in [0.1, 0.15) is 5.54 Å². The van der Waals surface area contributed by atoms with Crippen LogP contribution in [0.25, 0.3) is 10.8 Å². The maximum absolute atomic E-state index is 11.0. The van der Waals surface area contributed by atoms with Gasteiger partial charge in [0.2, 0.25) is 0 Å². The zero-order valence-electron chi connectivity index (χ0n) is 10.6. The van der Waals surface area contributed by atoms with Crippen molar-refractivity contribution in [2.45, 2.75) is 25.9 Å². The Morgan fingerprint density at radius 3 is 2.56 bits per heavy atom. The largest absolute Gasteiger partial charge is 0.480 e. The third-order valence-corrected chi connectivity index (χ3v) is 3.14. The number of hydrogen-bond acceptors (Lipinski definition) is 2. The normalized spacial score (nSPS) is 11.7. The van der Waals surface area contributed by atoms with Crippen molar-refractivity contribution in [2.24, 2.45) is 0 Å². The molecule has 0 unspecified atom stereocenters. The minimum Gasteiger partial charge on any atom is -0.480 e. The van der Waals surface area contributed by atoms with Gasteiger partial charge in [0.15, 0.2) is 0 Å². The fourth-order valence-electron chi connectivity index (χ4n) is 1.84. The van der Waals surface area contributed by atoms with Gasteiger partial charge in [-0.3, -0.25) is 10.1 Å². The summed E-state index contributed by atoms with van der Waals surface area (Å²) in [5, 5.41) is 14.5. The lowest BCUT2D eigenvalue weighted by molar-refractivity contribution is -0.143. The summed E-state index contributed by atoms with van der Waals surface area (Å²) in [5.41, 5.74) is 0.194. The predicted octanol–water partition coefficient (Wildman–Crippen LogP) is 2.79. The lowest BCUT2D eigenvalue weighted by atomic mass is 10.0. The van der Waals surface area contributed by atoms with E-state index in [0.717, 1.165) is 10.9 Å². The molecule has 2 aromatic rings. The number of aliphatic carboxylic acids is 1. The molecule has 18 heavy (non-hydrogen) atoms. The van der Waals surface area contributed by atoms with Crippen LogP contribution >= 0.6 is 0 Å². The SMILES string of the molecule is CC(C)(NCc1cccc2ccccc12)C(=O)O. The van der Waals surface area contributed by atoms with Crippen molar-refractivity contribution in [3.05, 3.63) is 48.0 Å². The number of rotatable bonds is 4. The number of carbonyl (C=O) groups is 1. The van der Waals surface area contributed by atoms with Gasteiger partial charge in [-0.05, 0) is 30.2 Å². The third-order valence-electron chi connectivity index (χ3n) is 3.14. The van der Waals surface area contributed by atoms with Gasteiger partial charge in [-0.25, -0.2) is 0 Å². The molecule has 0 aliphatic carbocycles. The topological polar surface area (TPSA) is 49.3 Å². The van der Waals surface area contributed by atoms with Crippen LogP contribution in [0.2, 0.25) is 0 Å². The van der Waals surface area contributed by atoms with Crippen LogP contribution in [0.5, 0.6) is 0 Å². The van der Waals surface area contributed by atoms with E-state index in [1.807, 2.05) is 24.3 Å². The molecule has 2 aromatic carbocycles. The van der Waals surface area contributed by atoms with E-state index in [9.17, 15) is 4.79 Å². The second kappa shape index (κ2) is 4.78. The van der Waals surface area contributed by atoms with E-state index in [-0.39, 0.29) is 0 Å². The second-order valence-electron chi connectivity index (χ2n) is 4.92. The highest BCUT2D eigenvalue weighted by atomic mass is 16.4. The summed E-state index contributed by atoms with van der Waals surface area (Å²) in [6.07, 6.45) is 0. The Labute approximate surface area is 106 Å². The number of fused-ring (bicyclic) bond motifs is 1. The Morgan fingerprint density at radius 2 is 1.83 bits per heavy atom. The highest BCUT2D eigenvalue weighted by molar-refractivity contribution is 5.85. The molecular formula is C15H17NO2. The first kappa shape index (κ1) is 12.6. The first-order valence-corrected chi connectivity index (χ1v) is 5.96. The Kier molecular flexibility index (Phi) is 3.34. The minimum absolute atomic E-state index is 0.542. The maximum atomic E-state index is 11.0. The van der Waals surface area contributed by atoms with Gasteiger partial charge in [-0.15, -0.1) is 0 Å². The van der Waals surface area contributed by atoms with Gasteiger partial charge in [0.05, 0.1) is 0 Å². The molecule has 0 aromatic heterocycles. The molecular weight excluding hydrogens is 226 g/mol. The van der Waals surface area contributed by atoms with Gasteiger partial charge in [0, 0.05) is 6.54 Å². The van der Waals surface area contributed by atoms with Crippen molar-refractivity contribution < 1.29 is 9.90 Å². The van der Waals surface area contributed by atoms with Gasteiger partial charge in [0.25, 0.3) is 0 Å². The van der Waals surface area contributed by atoms with Gasteiger partial charge in [-0.2, -0.15) is 0 Å². The van der Waals surface area contributed by atoms with Crippen molar-refractivity contribution >= 4 is 16.7 Å². The quantitative estimate of drug-likeness (QED) is 0.868. The lowest BCUT2D eigenvalue weighted by Gasteiger charge is -2.21. The van der Waals surface area contributed by atoms with Crippen LogP contribution in [0.4, 0.5) is 0 Å². The summed E-state index contributed by atoms with van der Waals surface area (Å²) in [4.78, 5) is 11.0. The van der Waals surface area contributed by atoms with Gasteiger partial charge < -0.3 is 5.11 Å². The number of carboxylic acids is 1. The Bertz CT molecular complexity index is 570. The van der Waals surface area contributed by atoms with E-state index in [1.165, 1.54) is 5.39 Å². The summed E-state index contributed by atoms with van der Waals surface area (Å²) in [7, 11) is 0. The average molecular weight is 243 g/mol. The predicted molar refractivity (Wildman–Crippen MR) is 72.5 cm³/mol. The highest BCUT2D eigenvalue weighted by Gasteiger charge is 2.25. The van der Waals surface area contributed by atoms with E-state index in [4.69, 9.17) is 5.11 Å². The maximum Gasteiger partial charge on any atom is 0.323 e. The molecule has 0 saturated heterocycles. The molecule has 0 atom stereocenters. The zero-order chi connectivity index (χ0) is 13.2. The molecule has 2 N–H and O–H groups in total. The number of benzene rings is 2. The molecule has 0 saturated carbocycles. The lowest BCUT2D eigenvalue weighted by Crippen LogP contribution is -2.46. The standard InChI is InChI=1S/C15H17NO2/c1-15(2,14(17)18)16-10-12-8-5-7-11-6-3-4-9-13(11)12/h3-9,16H,10H2,1-2H3,(H,17,18). The smallest absolute Gasteiger partial charge is 0.323 e. The van der Waals surface area contributed by atoms with E-state index < -0.39 is 11.5 Å². The van der Waals surface area contributed by atoms with Crippen LogP contribution in [0.15, 0.2) is 42.5 Å². The molecule has 94 valence electrons. The van der Waals surface area contributed by atoms with Crippen LogP contribution < -0.4 is 5.32 Å². The fraction of sp³-hybridized carbons (Fsp3) is 0.267. The van der Waals surface area contributed by atoms with E-state index >= 15 is 0 Å². The molecule has 2 rings (SSSR count). The summed E-state index contributed by atoms with van der Waals surface area (Å²) < 4.78 is 0. The molecule has 0 radical (unpaired) electrons. The molecule has 0 spiro atoms. The van der Waals surface area contributed by atoms with Gasteiger partial charge in [-0.1, -0.05) is 42.5 Å². The van der Waals surface area contributed by atoms with E-state index in [2.05, 4.69) is 23.5 Å².